The summed E-state index contributed by atoms with van der Waals surface area (Å²) in [5.41, 5.74) is 0.955. The van der Waals surface area contributed by atoms with Crippen LogP contribution >= 0.6 is 0 Å². The zero-order chi connectivity index (χ0) is 16.0. The number of aliphatic carboxylic acids is 1. The summed E-state index contributed by atoms with van der Waals surface area (Å²) in [6.45, 7) is 3.41. The number of nitrogens with zero attached hydrogens (tertiary/aromatic N) is 1. The van der Waals surface area contributed by atoms with Crippen LogP contribution in [0.4, 0.5) is 5.69 Å². The van der Waals surface area contributed by atoms with E-state index in [0.29, 0.717) is 17.7 Å². The van der Waals surface area contributed by atoms with Gasteiger partial charge < -0.3 is 15.3 Å². The number of benzene rings is 1. The maximum Gasteiger partial charge on any atom is 0.308 e. The first-order chi connectivity index (χ1) is 9.85. The zero-order valence-corrected chi connectivity index (χ0v) is 12.4. The van der Waals surface area contributed by atoms with E-state index in [1.165, 1.54) is 4.90 Å². The molecule has 0 spiro atoms. The van der Waals surface area contributed by atoms with Gasteiger partial charge in [0.2, 0.25) is 5.91 Å². The molecule has 0 bridgehead atoms. The molecule has 21 heavy (non-hydrogen) atoms. The van der Waals surface area contributed by atoms with E-state index >= 15 is 0 Å². The van der Waals surface area contributed by atoms with E-state index in [0.717, 1.165) is 0 Å². The Morgan fingerprint density at radius 2 is 2.00 bits per heavy atom. The van der Waals surface area contributed by atoms with Gasteiger partial charge in [0, 0.05) is 31.3 Å². The van der Waals surface area contributed by atoms with Crippen molar-refractivity contribution in [3.63, 3.8) is 0 Å². The highest BCUT2D eigenvalue weighted by Gasteiger charge is 2.18. The molecule has 1 atom stereocenters. The van der Waals surface area contributed by atoms with Gasteiger partial charge in [-0.15, -0.1) is 0 Å². The lowest BCUT2D eigenvalue weighted by molar-refractivity contribution is -0.141. The molecule has 6 nitrogen and oxygen atoms in total. The van der Waals surface area contributed by atoms with Crippen LogP contribution in [0.1, 0.15) is 30.6 Å². The predicted octanol–water partition coefficient (Wildman–Crippen LogP) is 1.83. The number of anilines is 1. The first-order valence-electron chi connectivity index (χ1n) is 6.73. The van der Waals surface area contributed by atoms with Crippen LogP contribution in [0.3, 0.4) is 0 Å². The molecule has 0 aliphatic rings. The first-order valence-corrected chi connectivity index (χ1v) is 6.73. The summed E-state index contributed by atoms with van der Waals surface area (Å²) in [6.07, 6.45) is 0.355. The van der Waals surface area contributed by atoms with Crippen LogP contribution < -0.4 is 5.32 Å². The summed E-state index contributed by atoms with van der Waals surface area (Å²) in [7, 11) is 1.55. The average molecular weight is 292 g/mol. The summed E-state index contributed by atoms with van der Waals surface area (Å²) in [4.78, 5) is 35.8. The molecule has 1 unspecified atom stereocenters. The Hall–Kier alpha value is -2.37. The minimum atomic E-state index is -0.946. The molecule has 0 saturated heterocycles. The second kappa shape index (κ2) is 7.42. The third-order valence-corrected chi connectivity index (χ3v) is 3.03. The van der Waals surface area contributed by atoms with Crippen molar-refractivity contribution in [1.29, 1.82) is 0 Å². The van der Waals surface area contributed by atoms with Crippen LogP contribution in [0.15, 0.2) is 24.3 Å². The summed E-state index contributed by atoms with van der Waals surface area (Å²) in [5.74, 6) is -2.00. The van der Waals surface area contributed by atoms with Gasteiger partial charge in [-0.3, -0.25) is 14.4 Å². The van der Waals surface area contributed by atoms with Crippen molar-refractivity contribution in [3.05, 3.63) is 29.8 Å². The Kier molecular flexibility index (Phi) is 5.90. The first kappa shape index (κ1) is 16.7. The van der Waals surface area contributed by atoms with Crippen molar-refractivity contribution in [1.82, 2.24) is 4.90 Å². The van der Waals surface area contributed by atoms with Crippen LogP contribution in [-0.4, -0.2) is 41.4 Å². The van der Waals surface area contributed by atoms with E-state index < -0.39 is 11.9 Å². The van der Waals surface area contributed by atoms with Crippen molar-refractivity contribution in [2.75, 3.05) is 18.9 Å². The van der Waals surface area contributed by atoms with Crippen molar-refractivity contribution in [3.8, 4) is 0 Å². The van der Waals surface area contributed by atoms with Gasteiger partial charge in [-0.05, 0) is 18.2 Å². The molecular weight excluding hydrogens is 272 g/mol. The topological polar surface area (TPSA) is 86.7 Å². The number of rotatable bonds is 6. The number of hydrogen-bond acceptors (Lipinski definition) is 3. The zero-order valence-electron chi connectivity index (χ0n) is 12.4. The van der Waals surface area contributed by atoms with E-state index in [2.05, 4.69) is 5.32 Å². The number of hydrogen-bond donors (Lipinski definition) is 2. The summed E-state index contributed by atoms with van der Waals surface area (Å²) in [6, 6.07) is 6.58. The SMILES string of the molecule is CCC(=O)Nc1cccc(C(=O)N(C)CC(C)C(=O)O)c1. The van der Waals surface area contributed by atoms with Crippen LogP contribution in [0.5, 0.6) is 0 Å². The largest absolute Gasteiger partial charge is 0.481 e. The number of carboxylic acids is 1. The number of amides is 2. The van der Waals surface area contributed by atoms with E-state index in [-0.39, 0.29) is 18.4 Å². The highest BCUT2D eigenvalue weighted by Crippen LogP contribution is 2.13. The Labute approximate surface area is 123 Å². The van der Waals surface area contributed by atoms with Crippen LogP contribution in [0.25, 0.3) is 0 Å². The van der Waals surface area contributed by atoms with Gasteiger partial charge in [0.1, 0.15) is 0 Å². The predicted molar refractivity (Wildman–Crippen MR) is 79.1 cm³/mol. The van der Waals surface area contributed by atoms with E-state index in [1.54, 1.807) is 45.2 Å². The molecule has 0 aliphatic carbocycles. The van der Waals surface area contributed by atoms with Crippen molar-refractivity contribution in [2.24, 2.45) is 5.92 Å². The Morgan fingerprint density at radius 1 is 1.33 bits per heavy atom. The molecule has 0 fully saturated rings. The molecule has 0 radical (unpaired) electrons. The molecule has 2 N–H and O–H groups in total. The lowest BCUT2D eigenvalue weighted by atomic mass is 10.1. The molecule has 1 aromatic rings. The highest BCUT2D eigenvalue weighted by molar-refractivity contribution is 5.97. The molecule has 0 saturated carbocycles. The minimum Gasteiger partial charge on any atom is -0.481 e. The lowest BCUT2D eigenvalue weighted by Crippen LogP contribution is -2.33. The second-order valence-electron chi connectivity index (χ2n) is 4.91. The van der Waals surface area contributed by atoms with E-state index in [1.807, 2.05) is 0 Å². The van der Waals surface area contributed by atoms with Gasteiger partial charge in [-0.2, -0.15) is 0 Å². The van der Waals surface area contributed by atoms with Crippen LogP contribution in [0.2, 0.25) is 0 Å². The fourth-order valence-corrected chi connectivity index (χ4v) is 1.77. The second-order valence-corrected chi connectivity index (χ2v) is 4.91. The number of nitrogens with one attached hydrogen (secondary N) is 1. The molecule has 1 aromatic carbocycles. The maximum absolute atomic E-state index is 12.2. The summed E-state index contributed by atoms with van der Waals surface area (Å²) >= 11 is 0. The van der Waals surface area contributed by atoms with Gasteiger partial charge in [-0.1, -0.05) is 19.9 Å². The van der Waals surface area contributed by atoms with Gasteiger partial charge >= 0.3 is 5.97 Å². The van der Waals surface area contributed by atoms with Crippen LogP contribution in [0, 0.1) is 5.92 Å². The van der Waals surface area contributed by atoms with Gasteiger partial charge in [0.15, 0.2) is 0 Å². The molecule has 6 heteroatoms. The number of carbonyl (C=O) groups is 3. The van der Waals surface area contributed by atoms with Gasteiger partial charge in [-0.25, -0.2) is 0 Å². The molecule has 0 heterocycles. The quantitative estimate of drug-likeness (QED) is 0.837. The summed E-state index contributed by atoms with van der Waals surface area (Å²) < 4.78 is 0. The molecule has 1 rings (SSSR count). The fraction of sp³-hybridized carbons (Fsp3) is 0.400. The molecule has 114 valence electrons. The monoisotopic (exact) mass is 292 g/mol. The lowest BCUT2D eigenvalue weighted by Gasteiger charge is -2.19. The Bertz CT molecular complexity index is 542. The third kappa shape index (κ3) is 4.91. The molecule has 2 amide bonds. The van der Waals surface area contributed by atoms with Gasteiger partial charge in [0.25, 0.3) is 5.91 Å². The number of carboxylic acid groups (broad SMARTS) is 1. The maximum atomic E-state index is 12.2. The molecule has 0 aromatic heterocycles. The van der Waals surface area contributed by atoms with Crippen molar-refractivity contribution in [2.45, 2.75) is 20.3 Å². The van der Waals surface area contributed by atoms with Gasteiger partial charge in [0.05, 0.1) is 5.92 Å². The number of carbonyl (C=O) groups excluding carboxylic acids is 2. The average Bonchev–Trinajstić information content (AvgIpc) is 2.46. The molecular formula is C15H20N2O4. The Morgan fingerprint density at radius 3 is 2.57 bits per heavy atom. The smallest absolute Gasteiger partial charge is 0.308 e. The van der Waals surface area contributed by atoms with Crippen molar-refractivity contribution < 1.29 is 19.5 Å². The Balaban J connectivity index is 2.80. The van der Waals surface area contributed by atoms with E-state index in [4.69, 9.17) is 5.11 Å². The third-order valence-electron chi connectivity index (χ3n) is 3.03. The summed E-state index contributed by atoms with van der Waals surface area (Å²) in [5, 5.41) is 11.5. The minimum absolute atomic E-state index is 0.125. The van der Waals surface area contributed by atoms with Crippen LogP contribution in [-0.2, 0) is 9.59 Å². The molecule has 0 aliphatic heterocycles. The van der Waals surface area contributed by atoms with Crippen molar-refractivity contribution >= 4 is 23.5 Å². The standard InChI is InChI=1S/C15H20N2O4/c1-4-13(18)16-12-7-5-6-11(8-12)14(19)17(3)9-10(2)15(20)21/h5-8,10H,4,9H2,1-3H3,(H,16,18)(H,20,21). The van der Waals surface area contributed by atoms with E-state index in [9.17, 15) is 14.4 Å². The normalized spacial score (nSPS) is 11.6. The fourth-order valence-electron chi connectivity index (χ4n) is 1.77. The highest BCUT2D eigenvalue weighted by atomic mass is 16.4.